The number of amides is 1. The van der Waals surface area contributed by atoms with Gasteiger partial charge in [-0.15, -0.1) is 0 Å². The van der Waals surface area contributed by atoms with Crippen molar-refractivity contribution in [3.8, 4) is 17.0 Å². The number of anilines is 1. The molecule has 6 heteroatoms. The molecule has 2 heterocycles. The van der Waals surface area contributed by atoms with Crippen molar-refractivity contribution < 1.29 is 19.4 Å². The van der Waals surface area contributed by atoms with Gasteiger partial charge in [0.1, 0.15) is 6.10 Å². The summed E-state index contributed by atoms with van der Waals surface area (Å²) in [6, 6.07) is 7.78. The summed E-state index contributed by atoms with van der Waals surface area (Å²) in [5.41, 5.74) is 4.83. The van der Waals surface area contributed by atoms with Crippen molar-refractivity contribution in [1.29, 1.82) is 0 Å². The van der Waals surface area contributed by atoms with E-state index >= 15 is 0 Å². The third-order valence-corrected chi connectivity index (χ3v) is 4.17. The third kappa shape index (κ3) is 2.92. The zero-order valence-corrected chi connectivity index (χ0v) is 13.9. The molecule has 1 aliphatic heterocycles. The number of ether oxygens (including phenoxy) is 2. The molecule has 1 aliphatic rings. The number of methoxy groups -OCH3 is 1. The number of carbonyl (C=O) groups excluding carboxylic acids is 1. The standard InChI is InChI=1S/C18H20N2O4/c1-11-7-16(20-9-14(10-21)24-18(20)22)12(2)6-15(11)13-4-5-17(23-3)19-8-13/h4-8,14,21H,9-10H2,1-3H3/t14-/m1/s1. The average Bonchev–Trinajstić information content (AvgIpc) is 2.97. The number of hydrogen-bond acceptors (Lipinski definition) is 5. The van der Waals surface area contributed by atoms with E-state index < -0.39 is 12.2 Å². The lowest BCUT2D eigenvalue weighted by Gasteiger charge is -2.18. The minimum Gasteiger partial charge on any atom is -0.481 e. The lowest BCUT2D eigenvalue weighted by atomic mass is 9.98. The van der Waals surface area contributed by atoms with E-state index in [-0.39, 0.29) is 6.61 Å². The molecular formula is C18H20N2O4. The second kappa shape index (κ2) is 6.49. The highest BCUT2D eigenvalue weighted by atomic mass is 16.6. The molecule has 1 N–H and O–H groups in total. The summed E-state index contributed by atoms with van der Waals surface area (Å²) in [4.78, 5) is 17.8. The molecule has 0 saturated carbocycles. The SMILES string of the molecule is COc1ccc(-c2cc(C)c(N3C[C@H](CO)OC3=O)cc2C)cn1. The van der Waals surface area contributed by atoms with E-state index in [1.54, 1.807) is 18.2 Å². The normalized spacial score (nSPS) is 17.1. The Hall–Kier alpha value is -2.60. The molecule has 1 aromatic heterocycles. The maximum atomic E-state index is 12.0. The largest absolute Gasteiger partial charge is 0.481 e. The summed E-state index contributed by atoms with van der Waals surface area (Å²) in [6.07, 6.45) is 0.879. The van der Waals surface area contributed by atoms with Gasteiger partial charge in [0.2, 0.25) is 5.88 Å². The molecule has 1 aromatic carbocycles. The van der Waals surface area contributed by atoms with Gasteiger partial charge in [-0.1, -0.05) is 0 Å². The van der Waals surface area contributed by atoms with Crippen molar-refractivity contribution in [1.82, 2.24) is 4.98 Å². The van der Waals surface area contributed by atoms with Crippen molar-refractivity contribution in [2.24, 2.45) is 0 Å². The average molecular weight is 328 g/mol. The minimum absolute atomic E-state index is 0.171. The molecule has 1 saturated heterocycles. The molecule has 3 rings (SSSR count). The van der Waals surface area contributed by atoms with Crippen LogP contribution in [0.4, 0.5) is 10.5 Å². The molecule has 126 valence electrons. The van der Waals surface area contributed by atoms with Gasteiger partial charge in [-0.25, -0.2) is 9.78 Å². The Bertz CT molecular complexity index is 758. The van der Waals surface area contributed by atoms with Gasteiger partial charge in [-0.3, -0.25) is 4.90 Å². The molecular weight excluding hydrogens is 308 g/mol. The predicted molar refractivity (Wildman–Crippen MR) is 90.4 cm³/mol. The van der Waals surface area contributed by atoms with Crippen LogP contribution < -0.4 is 9.64 Å². The smallest absolute Gasteiger partial charge is 0.414 e. The highest BCUT2D eigenvalue weighted by Gasteiger charge is 2.32. The molecule has 1 amide bonds. The highest BCUT2D eigenvalue weighted by molar-refractivity contribution is 5.91. The first-order chi connectivity index (χ1) is 11.5. The van der Waals surface area contributed by atoms with Crippen molar-refractivity contribution in [2.45, 2.75) is 20.0 Å². The summed E-state index contributed by atoms with van der Waals surface area (Å²) in [5.74, 6) is 0.569. The quantitative estimate of drug-likeness (QED) is 0.934. The Morgan fingerprint density at radius 2 is 2.12 bits per heavy atom. The Labute approximate surface area is 140 Å². The van der Waals surface area contributed by atoms with Gasteiger partial charge in [0.15, 0.2) is 0 Å². The fourth-order valence-corrected chi connectivity index (χ4v) is 2.88. The number of carbonyl (C=O) groups is 1. The molecule has 1 fully saturated rings. The van der Waals surface area contributed by atoms with Crippen LogP contribution in [0.15, 0.2) is 30.5 Å². The number of aliphatic hydroxyl groups excluding tert-OH is 1. The fourth-order valence-electron chi connectivity index (χ4n) is 2.88. The summed E-state index contributed by atoms with van der Waals surface area (Å²) in [7, 11) is 1.58. The summed E-state index contributed by atoms with van der Waals surface area (Å²) in [5, 5.41) is 9.19. The van der Waals surface area contributed by atoms with E-state index in [1.165, 1.54) is 0 Å². The molecule has 0 spiro atoms. The zero-order valence-electron chi connectivity index (χ0n) is 13.9. The molecule has 0 radical (unpaired) electrons. The number of aromatic nitrogens is 1. The number of aryl methyl sites for hydroxylation is 2. The summed E-state index contributed by atoms with van der Waals surface area (Å²) < 4.78 is 10.2. The molecule has 6 nitrogen and oxygen atoms in total. The number of cyclic esters (lactones) is 1. The van der Waals surface area contributed by atoms with Gasteiger partial charge >= 0.3 is 6.09 Å². The molecule has 2 aromatic rings. The molecule has 24 heavy (non-hydrogen) atoms. The maximum Gasteiger partial charge on any atom is 0.414 e. The van der Waals surface area contributed by atoms with Crippen molar-refractivity contribution in [2.75, 3.05) is 25.2 Å². The first-order valence-corrected chi connectivity index (χ1v) is 7.74. The number of hydrogen-bond donors (Lipinski definition) is 1. The summed E-state index contributed by atoms with van der Waals surface area (Å²) in [6.45, 7) is 4.14. The van der Waals surface area contributed by atoms with Crippen LogP contribution in [0, 0.1) is 13.8 Å². The fraction of sp³-hybridized carbons (Fsp3) is 0.333. The van der Waals surface area contributed by atoms with E-state index in [1.807, 2.05) is 38.1 Å². The van der Waals surface area contributed by atoms with Crippen LogP contribution in [0.25, 0.3) is 11.1 Å². The van der Waals surface area contributed by atoms with Gasteiger partial charge in [-0.05, 0) is 48.7 Å². The van der Waals surface area contributed by atoms with Crippen LogP contribution in [0.3, 0.4) is 0 Å². The number of benzene rings is 1. The number of pyridine rings is 1. The first-order valence-electron chi connectivity index (χ1n) is 7.74. The molecule has 0 unspecified atom stereocenters. The van der Waals surface area contributed by atoms with Crippen molar-refractivity contribution in [3.63, 3.8) is 0 Å². The van der Waals surface area contributed by atoms with Gasteiger partial charge < -0.3 is 14.6 Å². The predicted octanol–water partition coefficient (Wildman–Crippen LogP) is 2.69. The van der Waals surface area contributed by atoms with Gasteiger partial charge in [0.05, 0.1) is 25.9 Å². The van der Waals surface area contributed by atoms with Crippen LogP contribution in [0.1, 0.15) is 11.1 Å². The third-order valence-electron chi connectivity index (χ3n) is 4.17. The van der Waals surface area contributed by atoms with E-state index in [2.05, 4.69) is 4.98 Å². The van der Waals surface area contributed by atoms with Gasteiger partial charge in [0.25, 0.3) is 0 Å². The molecule has 1 atom stereocenters. The minimum atomic E-state index is -0.470. The first kappa shape index (κ1) is 16.3. The van der Waals surface area contributed by atoms with Gasteiger partial charge in [0, 0.05) is 17.8 Å². The van der Waals surface area contributed by atoms with Crippen LogP contribution in [-0.2, 0) is 4.74 Å². The van der Waals surface area contributed by atoms with Crippen LogP contribution in [0.5, 0.6) is 5.88 Å². The Morgan fingerprint density at radius 3 is 2.71 bits per heavy atom. The maximum absolute atomic E-state index is 12.0. The lowest BCUT2D eigenvalue weighted by molar-refractivity contribution is 0.0963. The van der Waals surface area contributed by atoms with E-state index in [0.29, 0.717) is 12.4 Å². The molecule has 0 bridgehead atoms. The number of aliphatic hydroxyl groups is 1. The van der Waals surface area contributed by atoms with Crippen LogP contribution in [-0.4, -0.2) is 42.5 Å². The lowest BCUT2D eigenvalue weighted by Crippen LogP contribution is -2.26. The zero-order chi connectivity index (χ0) is 17.3. The number of rotatable bonds is 4. The monoisotopic (exact) mass is 328 g/mol. The Kier molecular flexibility index (Phi) is 4.40. The van der Waals surface area contributed by atoms with Crippen LogP contribution in [0.2, 0.25) is 0 Å². The summed E-state index contributed by atoms with van der Waals surface area (Å²) >= 11 is 0. The molecule has 0 aliphatic carbocycles. The van der Waals surface area contributed by atoms with E-state index in [4.69, 9.17) is 9.47 Å². The number of nitrogens with zero attached hydrogens (tertiary/aromatic N) is 2. The second-order valence-corrected chi connectivity index (χ2v) is 5.84. The second-order valence-electron chi connectivity index (χ2n) is 5.84. The topological polar surface area (TPSA) is 71.9 Å². The Balaban J connectivity index is 1.95. The van der Waals surface area contributed by atoms with E-state index in [0.717, 1.165) is 27.9 Å². The van der Waals surface area contributed by atoms with Crippen molar-refractivity contribution in [3.05, 3.63) is 41.6 Å². The highest BCUT2D eigenvalue weighted by Crippen LogP contribution is 2.33. The van der Waals surface area contributed by atoms with Crippen molar-refractivity contribution >= 4 is 11.8 Å². The van der Waals surface area contributed by atoms with Gasteiger partial charge in [-0.2, -0.15) is 0 Å². The van der Waals surface area contributed by atoms with Crippen LogP contribution >= 0.6 is 0 Å². The van der Waals surface area contributed by atoms with E-state index in [9.17, 15) is 9.90 Å². The Morgan fingerprint density at radius 1 is 1.33 bits per heavy atom.